The molecule has 0 fully saturated rings. The zero-order valence-electron chi connectivity index (χ0n) is 17.6. The van der Waals surface area contributed by atoms with Crippen molar-refractivity contribution < 1.29 is 17.9 Å². The van der Waals surface area contributed by atoms with E-state index >= 15 is 0 Å². The minimum atomic E-state index is -3.33. The first-order valence-electron chi connectivity index (χ1n) is 9.64. The number of nitrogens with zero attached hydrogens (tertiary/aromatic N) is 1. The number of sulfonamides is 1. The fourth-order valence-electron chi connectivity index (χ4n) is 2.91. The molecule has 1 amide bonds. The second-order valence-electron chi connectivity index (χ2n) is 7.59. The lowest BCUT2D eigenvalue weighted by Gasteiger charge is -2.24. The number of nitrogens with one attached hydrogen (secondary N) is 1. The number of hydrogen-bond acceptors (Lipinski definition) is 4. The number of ether oxygens (including phenoxy) is 1. The fraction of sp³-hybridized carbons (Fsp3) is 0.409. The monoisotopic (exact) mass is 418 g/mol. The Bertz CT molecular complexity index is 896. The smallest absolute Gasteiger partial charge is 0.261 e. The predicted octanol–water partition coefficient (Wildman–Crippen LogP) is 3.75. The molecule has 2 aromatic carbocycles. The van der Waals surface area contributed by atoms with E-state index in [-0.39, 0.29) is 11.9 Å². The summed E-state index contributed by atoms with van der Waals surface area (Å²) in [5, 5.41) is 3.08. The molecule has 0 aliphatic rings. The van der Waals surface area contributed by atoms with Crippen molar-refractivity contribution in [1.82, 2.24) is 5.32 Å². The van der Waals surface area contributed by atoms with Gasteiger partial charge in [-0.2, -0.15) is 0 Å². The molecule has 2 aromatic rings. The van der Waals surface area contributed by atoms with E-state index in [9.17, 15) is 13.2 Å². The normalized spacial score (nSPS) is 13.6. The number of anilines is 1. The van der Waals surface area contributed by atoms with Crippen LogP contribution < -0.4 is 14.4 Å². The first-order valence-corrected chi connectivity index (χ1v) is 11.5. The van der Waals surface area contributed by atoms with Gasteiger partial charge in [-0.05, 0) is 49.1 Å². The summed E-state index contributed by atoms with van der Waals surface area (Å²) >= 11 is 0. The van der Waals surface area contributed by atoms with Gasteiger partial charge in [-0.3, -0.25) is 9.10 Å². The highest BCUT2D eigenvalue weighted by Crippen LogP contribution is 2.23. The van der Waals surface area contributed by atoms with Crippen molar-refractivity contribution in [3.63, 3.8) is 0 Å². The van der Waals surface area contributed by atoms with E-state index in [1.165, 1.54) is 11.4 Å². The van der Waals surface area contributed by atoms with Crippen molar-refractivity contribution in [3.8, 4) is 5.75 Å². The SMILES string of the molecule is CC(C)C[C@H](NC(=O)[C@@H](C)Oc1ccc(N(C)S(C)(=O)=O)cc1)c1ccccc1. The molecule has 6 nitrogen and oxygen atoms in total. The highest BCUT2D eigenvalue weighted by molar-refractivity contribution is 7.92. The first-order chi connectivity index (χ1) is 13.6. The molecule has 0 aliphatic heterocycles. The maximum Gasteiger partial charge on any atom is 0.261 e. The van der Waals surface area contributed by atoms with Crippen LogP contribution in [-0.2, 0) is 14.8 Å². The molecule has 7 heteroatoms. The molecule has 0 unspecified atom stereocenters. The van der Waals surface area contributed by atoms with Crippen LogP contribution in [0.25, 0.3) is 0 Å². The van der Waals surface area contributed by atoms with E-state index in [0.29, 0.717) is 17.4 Å². The first kappa shape index (κ1) is 22.7. The lowest BCUT2D eigenvalue weighted by atomic mass is 9.97. The number of carbonyl (C=O) groups is 1. The Balaban J connectivity index is 2.03. The van der Waals surface area contributed by atoms with E-state index in [1.807, 2.05) is 30.3 Å². The third kappa shape index (κ3) is 6.78. The van der Waals surface area contributed by atoms with Gasteiger partial charge in [0, 0.05) is 7.05 Å². The molecule has 1 N–H and O–H groups in total. The molecule has 0 aromatic heterocycles. The fourth-order valence-corrected chi connectivity index (χ4v) is 3.41. The van der Waals surface area contributed by atoms with Crippen LogP contribution in [0, 0.1) is 5.92 Å². The third-order valence-electron chi connectivity index (χ3n) is 4.61. The molecule has 2 atom stereocenters. The summed E-state index contributed by atoms with van der Waals surface area (Å²) in [6.07, 6.45) is 1.28. The summed E-state index contributed by atoms with van der Waals surface area (Å²) in [5.74, 6) is 0.728. The van der Waals surface area contributed by atoms with E-state index in [1.54, 1.807) is 31.2 Å². The summed E-state index contributed by atoms with van der Waals surface area (Å²) in [6, 6.07) is 16.4. The summed E-state index contributed by atoms with van der Waals surface area (Å²) in [5.41, 5.74) is 1.59. The molecule has 0 saturated carbocycles. The zero-order valence-corrected chi connectivity index (χ0v) is 18.4. The highest BCUT2D eigenvalue weighted by Gasteiger charge is 2.21. The lowest BCUT2D eigenvalue weighted by molar-refractivity contribution is -0.128. The van der Waals surface area contributed by atoms with Crippen LogP contribution in [0.3, 0.4) is 0 Å². The van der Waals surface area contributed by atoms with Gasteiger partial charge in [0.05, 0.1) is 18.0 Å². The average molecular weight is 419 g/mol. The number of amides is 1. The molecule has 0 spiro atoms. The number of carbonyl (C=O) groups excluding carboxylic acids is 1. The molecule has 0 heterocycles. The van der Waals surface area contributed by atoms with Gasteiger partial charge in [0.1, 0.15) is 5.75 Å². The van der Waals surface area contributed by atoms with Gasteiger partial charge >= 0.3 is 0 Å². The molecule has 0 bridgehead atoms. The summed E-state index contributed by atoms with van der Waals surface area (Å²) in [6.45, 7) is 5.94. The quantitative estimate of drug-likeness (QED) is 0.673. The second-order valence-corrected chi connectivity index (χ2v) is 9.60. The van der Waals surface area contributed by atoms with Crippen LogP contribution in [0.4, 0.5) is 5.69 Å². The molecule has 0 radical (unpaired) electrons. The van der Waals surface area contributed by atoms with Crippen LogP contribution in [-0.4, -0.2) is 33.7 Å². The number of hydrogen-bond donors (Lipinski definition) is 1. The van der Waals surface area contributed by atoms with E-state index in [2.05, 4.69) is 19.2 Å². The minimum Gasteiger partial charge on any atom is -0.481 e. The minimum absolute atomic E-state index is 0.0828. The Morgan fingerprint density at radius 3 is 2.14 bits per heavy atom. The maximum absolute atomic E-state index is 12.7. The Hall–Kier alpha value is -2.54. The Morgan fingerprint density at radius 2 is 1.62 bits per heavy atom. The molecule has 158 valence electrons. The van der Waals surface area contributed by atoms with Gasteiger partial charge < -0.3 is 10.1 Å². The molecule has 29 heavy (non-hydrogen) atoms. The molecular formula is C22H30N2O4S. The lowest BCUT2D eigenvalue weighted by Crippen LogP contribution is -2.39. The Morgan fingerprint density at radius 1 is 1.03 bits per heavy atom. The summed E-state index contributed by atoms with van der Waals surface area (Å²) < 4.78 is 30.2. The molecule has 2 rings (SSSR count). The molecule has 0 saturated heterocycles. The highest BCUT2D eigenvalue weighted by atomic mass is 32.2. The van der Waals surface area contributed by atoms with E-state index in [4.69, 9.17) is 4.74 Å². The average Bonchev–Trinajstić information content (AvgIpc) is 2.67. The van der Waals surface area contributed by atoms with Crippen molar-refractivity contribution in [2.24, 2.45) is 5.92 Å². The van der Waals surface area contributed by atoms with Gasteiger partial charge in [0.15, 0.2) is 6.10 Å². The van der Waals surface area contributed by atoms with Crippen LogP contribution >= 0.6 is 0 Å². The summed E-state index contributed by atoms with van der Waals surface area (Å²) in [7, 11) is -1.84. The number of benzene rings is 2. The van der Waals surface area contributed by atoms with Crippen LogP contribution in [0.1, 0.15) is 38.8 Å². The topological polar surface area (TPSA) is 75.7 Å². The molecule has 0 aliphatic carbocycles. The Kier molecular flexibility index (Phi) is 7.67. The molecular weight excluding hydrogens is 388 g/mol. The van der Waals surface area contributed by atoms with Gasteiger partial charge in [0.2, 0.25) is 10.0 Å². The zero-order chi connectivity index (χ0) is 21.6. The number of rotatable bonds is 9. The van der Waals surface area contributed by atoms with Gasteiger partial charge in [0.25, 0.3) is 5.91 Å². The van der Waals surface area contributed by atoms with Crippen LogP contribution in [0.5, 0.6) is 5.75 Å². The Labute approximate surface area is 173 Å². The standard InChI is InChI=1S/C22H30N2O4S/c1-16(2)15-21(18-9-7-6-8-10-18)23-22(25)17(3)28-20-13-11-19(12-14-20)24(4)29(5,26)27/h6-14,16-17,21H,15H2,1-5H3,(H,23,25)/t17-,21+/m1/s1. The largest absolute Gasteiger partial charge is 0.481 e. The van der Waals surface area contributed by atoms with E-state index < -0.39 is 16.1 Å². The van der Waals surface area contributed by atoms with Gasteiger partial charge in [-0.25, -0.2) is 8.42 Å². The van der Waals surface area contributed by atoms with Gasteiger partial charge in [-0.15, -0.1) is 0 Å². The van der Waals surface area contributed by atoms with Crippen molar-refractivity contribution in [2.75, 3.05) is 17.6 Å². The summed E-state index contributed by atoms with van der Waals surface area (Å²) in [4.78, 5) is 12.7. The van der Waals surface area contributed by atoms with Gasteiger partial charge in [-0.1, -0.05) is 44.2 Å². The maximum atomic E-state index is 12.7. The third-order valence-corrected chi connectivity index (χ3v) is 5.81. The van der Waals surface area contributed by atoms with Crippen molar-refractivity contribution in [3.05, 3.63) is 60.2 Å². The second kappa shape index (κ2) is 9.78. The van der Waals surface area contributed by atoms with Crippen molar-refractivity contribution >= 4 is 21.6 Å². The van der Waals surface area contributed by atoms with Crippen molar-refractivity contribution in [1.29, 1.82) is 0 Å². The van der Waals surface area contributed by atoms with Crippen molar-refractivity contribution in [2.45, 2.75) is 39.3 Å². The van der Waals surface area contributed by atoms with E-state index in [0.717, 1.165) is 18.2 Å². The predicted molar refractivity (Wildman–Crippen MR) is 117 cm³/mol. The van der Waals surface area contributed by atoms with Crippen LogP contribution in [0.15, 0.2) is 54.6 Å². The van der Waals surface area contributed by atoms with Crippen LogP contribution in [0.2, 0.25) is 0 Å².